The lowest BCUT2D eigenvalue weighted by Gasteiger charge is -2.28. The van der Waals surface area contributed by atoms with Crippen LogP contribution in [0, 0.1) is 11.8 Å². The third-order valence-corrected chi connectivity index (χ3v) is 4.74. The summed E-state index contributed by atoms with van der Waals surface area (Å²) in [4.78, 5) is 23.4. The summed E-state index contributed by atoms with van der Waals surface area (Å²) in [5.74, 6) is 2.57. The monoisotopic (exact) mass is 378 g/mol. The predicted octanol–water partition coefficient (Wildman–Crippen LogP) is 4.32. The SMILES string of the molecule is CCCCC(CC)C(=C=O)OC(Oc1ncnc(N)n1)C(CC)CCCC. The Morgan fingerprint density at radius 2 is 1.81 bits per heavy atom. The van der Waals surface area contributed by atoms with Gasteiger partial charge in [-0.25, -0.2) is 9.78 Å². The van der Waals surface area contributed by atoms with Gasteiger partial charge in [0.05, 0.1) is 0 Å². The minimum Gasteiger partial charge on any atom is -0.447 e. The van der Waals surface area contributed by atoms with E-state index in [9.17, 15) is 4.79 Å². The molecular formula is C20H34N4O3. The van der Waals surface area contributed by atoms with Crippen LogP contribution in [-0.4, -0.2) is 27.2 Å². The van der Waals surface area contributed by atoms with Crippen LogP contribution in [0.5, 0.6) is 6.01 Å². The number of rotatable bonds is 14. The van der Waals surface area contributed by atoms with E-state index >= 15 is 0 Å². The van der Waals surface area contributed by atoms with Crippen molar-refractivity contribution in [1.29, 1.82) is 0 Å². The van der Waals surface area contributed by atoms with E-state index < -0.39 is 6.29 Å². The lowest BCUT2D eigenvalue weighted by atomic mass is 9.96. The summed E-state index contributed by atoms with van der Waals surface area (Å²) < 4.78 is 12.0. The molecule has 0 saturated heterocycles. The van der Waals surface area contributed by atoms with E-state index in [4.69, 9.17) is 15.2 Å². The number of ether oxygens (including phenoxy) is 2. The van der Waals surface area contributed by atoms with Crippen molar-refractivity contribution in [3.05, 3.63) is 12.1 Å². The summed E-state index contributed by atoms with van der Waals surface area (Å²) in [5.41, 5.74) is 5.62. The molecule has 2 N–H and O–H groups in total. The molecule has 7 heteroatoms. The fourth-order valence-corrected chi connectivity index (χ4v) is 2.97. The number of anilines is 1. The average molecular weight is 379 g/mol. The van der Waals surface area contributed by atoms with Crippen LogP contribution in [0.15, 0.2) is 12.1 Å². The van der Waals surface area contributed by atoms with Gasteiger partial charge in [-0.05, 0) is 25.7 Å². The van der Waals surface area contributed by atoms with Gasteiger partial charge in [0.1, 0.15) is 6.33 Å². The van der Waals surface area contributed by atoms with E-state index in [0.717, 1.165) is 51.4 Å². The minimum absolute atomic E-state index is 0.0423. The first-order valence-electron chi connectivity index (χ1n) is 10.1. The molecule has 152 valence electrons. The molecular weight excluding hydrogens is 344 g/mol. The van der Waals surface area contributed by atoms with Crippen LogP contribution in [0.3, 0.4) is 0 Å². The normalized spacial score (nSPS) is 14.1. The minimum atomic E-state index is -0.657. The van der Waals surface area contributed by atoms with Crippen LogP contribution in [0.1, 0.15) is 79.1 Å². The first-order valence-corrected chi connectivity index (χ1v) is 10.1. The molecule has 0 bridgehead atoms. The number of hydrogen-bond acceptors (Lipinski definition) is 7. The molecule has 0 fully saturated rings. The number of unbranched alkanes of at least 4 members (excludes halogenated alkanes) is 2. The van der Waals surface area contributed by atoms with Crippen LogP contribution in [0.2, 0.25) is 0 Å². The second-order valence-electron chi connectivity index (χ2n) is 6.75. The van der Waals surface area contributed by atoms with Crippen molar-refractivity contribution >= 4 is 11.9 Å². The number of aromatic nitrogens is 3. The van der Waals surface area contributed by atoms with Gasteiger partial charge in [-0.2, -0.15) is 9.97 Å². The Balaban J connectivity index is 3.01. The molecule has 27 heavy (non-hydrogen) atoms. The molecule has 0 amide bonds. The second-order valence-corrected chi connectivity index (χ2v) is 6.75. The van der Waals surface area contributed by atoms with E-state index in [1.165, 1.54) is 6.33 Å². The Hall–Kier alpha value is -2.14. The number of nitrogen functional groups attached to an aromatic ring is 1. The molecule has 0 aliphatic carbocycles. The third-order valence-electron chi connectivity index (χ3n) is 4.74. The van der Waals surface area contributed by atoms with Gasteiger partial charge >= 0.3 is 6.01 Å². The third kappa shape index (κ3) is 7.95. The van der Waals surface area contributed by atoms with Crippen molar-refractivity contribution in [3.63, 3.8) is 0 Å². The van der Waals surface area contributed by atoms with Crippen molar-refractivity contribution in [3.8, 4) is 6.01 Å². The number of nitrogens with two attached hydrogens (primary N) is 1. The van der Waals surface area contributed by atoms with Crippen LogP contribution in [0.4, 0.5) is 5.95 Å². The Labute approximate surface area is 162 Å². The van der Waals surface area contributed by atoms with Gasteiger partial charge in [0, 0.05) is 11.8 Å². The van der Waals surface area contributed by atoms with E-state index in [-0.39, 0.29) is 23.8 Å². The van der Waals surface area contributed by atoms with Gasteiger partial charge in [0.2, 0.25) is 12.2 Å². The summed E-state index contributed by atoms with van der Waals surface area (Å²) in [6.45, 7) is 8.41. The predicted molar refractivity (Wildman–Crippen MR) is 106 cm³/mol. The van der Waals surface area contributed by atoms with E-state index in [0.29, 0.717) is 5.76 Å². The maximum Gasteiger partial charge on any atom is 0.324 e. The van der Waals surface area contributed by atoms with Gasteiger partial charge in [-0.1, -0.05) is 53.4 Å². The molecule has 7 nitrogen and oxygen atoms in total. The Morgan fingerprint density at radius 1 is 1.11 bits per heavy atom. The largest absolute Gasteiger partial charge is 0.447 e. The summed E-state index contributed by atoms with van der Waals surface area (Å²) in [6.07, 6.45) is 8.37. The summed E-state index contributed by atoms with van der Waals surface area (Å²) >= 11 is 0. The number of allylic oxidation sites excluding steroid dienone is 1. The molecule has 0 aliphatic rings. The molecule has 1 rings (SSSR count). The van der Waals surface area contributed by atoms with Gasteiger partial charge in [0.25, 0.3) is 0 Å². The van der Waals surface area contributed by atoms with Gasteiger partial charge in [-0.15, -0.1) is 0 Å². The van der Waals surface area contributed by atoms with E-state index in [1.54, 1.807) is 0 Å². The maximum absolute atomic E-state index is 11.6. The second kappa shape index (κ2) is 13.1. The van der Waals surface area contributed by atoms with E-state index in [1.807, 2.05) is 5.94 Å². The topological polar surface area (TPSA) is 100 Å². The van der Waals surface area contributed by atoms with Crippen LogP contribution in [-0.2, 0) is 9.53 Å². The Bertz CT molecular complexity index is 590. The summed E-state index contributed by atoms with van der Waals surface area (Å²) in [5, 5.41) is 0. The highest BCUT2D eigenvalue weighted by atomic mass is 16.7. The molecule has 0 saturated carbocycles. The molecule has 3 atom stereocenters. The van der Waals surface area contributed by atoms with Crippen LogP contribution < -0.4 is 10.5 Å². The van der Waals surface area contributed by atoms with Gasteiger partial charge < -0.3 is 15.2 Å². The van der Waals surface area contributed by atoms with Crippen molar-refractivity contribution in [2.45, 2.75) is 85.4 Å². The standard InChI is InChI=1S/C20H34N4O3/c1-5-9-11-15(7-3)17(13-25)26-18(16(8-4)12-10-6-2)27-20-23-14-22-19(21)24-20/h14-16,18H,5-12H2,1-4H3,(H2,21,22,23,24). The number of nitrogens with zero attached hydrogens (tertiary/aromatic N) is 3. The zero-order valence-corrected chi connectivity index (χ0v) is 17.1. The number of carbonyl (C=O) groups excluding carboxylic acids is 1. The average Bonchev–Trinajstić information content (AvgIpc) is 2.67. The fraction of sp³-hybridized carbons (Fsp3) is 0.750. The molecule has 1 aromatic heterocycles. The van der Waals surface area contributed by atoms with Crippen LogP contribution in [0.25, 0.3) is 0 Å². The molecule has 1 aromatic rings. The zero-order chi connectivity index (χ0) is 20.1. The van der Waals surface area contributed by atoms with Crippen molar-refractivity contribution < 1.29 is 14.3 Å². The number of hydrogen-bond donors (Lipinski definition) is 1. The highest BCUT2D eigenvalue weighted by molar-refractivity contribution is 5.50. The van der Waals surface area contributed by atoms with E-state index in [2.05, 4.69) is 42.6 Å². The zero-order valence-electron chi connectivity index (χ0n) is 17.1. The molecule has 0 aliphatic heterocycles. The molecule has 1 heterocycles. The molecule has 0 spiro atoms. The summed E-state index contributed by atoms with van der Waals surface area (Å²) in [6, 6.07) is 0.106. The lowest BCUT2D eigenvalue weighted by Crippen LogP contribution is -2.32. The van der Waals surface area contributed by atoms with Crippen molar-refractivity contribution in [2.75, 3.05) is 5.73 Å². The first kappa shape index (κ1) is 22.9. The van der Waals surface area contributed by atoms with Crippen molar-refractivity contribution in [1.82, 2.24) is 15.0 Å². The van der Waals surface area contributed by atoms with Crippen LogP contribution >= 0.6 is 0 Å². The highest BCUT2D eigenvalue weighted by Gasteiger charge is 2.28. The fourth-order valence-electron chi connectivity index (χ4n) is 2.97. The summed E-state index contributed by atoms with van der Waals surface area (Å²) in [7, 11) is 0. The van der Waals surface area contributed by atoms with Crippen molar-refractivity contribution in [2.24, 2.45) is 11.8 Å². The first-order chi connectivity index (χ1) is 13.1. The quantitative estimate of drug-likeness (QED) is 0.292. The lowest BCUT2D eigenvalue weighted by molar-refractivity contribution is -0.0992. The molecule has 0 aromatic carbocycles. The Morgan fingerprint density at radius 3 is 2.37 bits per heavy atom. The maximum atomic E-state index is 11.6. The molecule has 3 unspecified atom stereocenters. The smallest absolute Gasteiger partial charge is 0.324 e. The molecule has 0 radical (unpaired) electrons. The van der Waals surface area contributed by atoms with Gasteiger partial charge in [-0.3, -0.25) is 0 Å². The van der Waals surface area contributed by atoms with Gasteiger partial charge in [0.15, 0.2) is 11.7 Å². The highest BCUT2D eigenvalue weighted by Crippen LogP contribution is 2.28. The Kier molecular flexibility index (Phi) is 11.1.